The number of unbranched alkanes of at least 4 members (excludes halogenated alkanes) is 1. The van der Waals surface area contributed by atoms with E-state index in [9.17, 15) is 9.90 Å². The first-order valence-corrected chi connectivity index (χ1v) is 5.85. The Balaban J connectivity index is 3.27. The molecule has 0 aromatic carbocycles. The lowest BCUT2D eigenvalue weighted by Gasteiger charge is -2.10. The van der Waals surface area contributed by atoms with Crippen molar-refractivity contribution in [1.82, 2.24) is 10.6 Å². The molecular formula is C11H24N2O3. The molecule has 0 aliphatic heterocycles. The van der Waals surface area contributed by atoms with Crippen LogP contribution in [-0.2, 0) is 9.53 Å². The van der Waals surface area contributed by atoms with Crippen molar-refractivity contribution >= 4 is 5.91 Å². The predicted molar refractivity (Wildman–Crippen MR) is 63.3 cm³/mol. The first-order chi connectivity index (χ1) is 7.70. The Kier molecular flexibility index (Phi) is 10.4. The maximum atomic E-state index is 11.2. The molecule has 0 heterocycles. The molecule has 1 unspecified atom stereocenters. The Bertz CT molecular complexity index is 177. The van der Waals surface area contributed by atoms with Gasteiger partial charge >= 0.3 is 0 Å². The molecule has 0 fully saturated rings. The number of aliphatic hydroxyl groups is 1. The van der Waals surface area contributed by atoms with Gasteiger partial charge in [-0.2, -0.15) is 0 Å². The number of nitrogens with one attached hydrogen (secondary N) is 2. The summed E-state index contributed by atoms with van der Waals surface area (Å²) in [5.74, 6) is 0.00896. The van der Waals surface area contributed by atoms with Crippen LogP contribution in [0.15, 0.2) is 0 Å². The predicted octanol–water partition coefficient (Wildman–Crippen LogP) is -0.110. The van der Waals surface area contributed by atoms with Crippen LogP contribution >= 0.6 is 0 Å². The summed E-state index contributed by atoms with van der Waals surface area (Å²) in [7, 11) is 1.55. The van der Waals surface area contributed by atoms with Crippen molar-refractivity contribution in [3.8, 4) is 0 Å². The second kappa shape index (κ2) is 10.9. The molecule has 0 bridgehead atoms. The molecule has 0 aliphatic carbocycles. The van der Waals surface area contributed by atoms with E-state index in [2.05, 4.69) is 17.6 Å². The monoisotopic (exact) mass is 232 g/mol. The number of carbonyl (C=O) groups excluding carboxylic acids is 1. The lowest BCUT2D eigenvalue weighted by Crippen LogP contribution is -2.35. The maximum Gasteiger partial charge on any atom is 0.233 e. The van der Waals surface area contributed by atoms with Crippen molar-refractivity contribution in [2.45, 2.75) is 32.3 Å². The summed E-state index contributed by atoms with van der Waals surface area (Å²) in [5, 5.41) is 15.1. The number of carbonyl (C=O) groups is 1. The summed E-state index contributed by atoms with van der Waals surface area (Å²) in [4.78, 5) is 11.2. The number of hydrogen-bond donors (Lipinski definition) is 3. The highest BCUT2D eigenvalue weighted by Gasteiger charge is 2.03. The number of ether oxygens (including phenoxy) is 1. The van der Waals surface area contributed by atoms with Gasteiger partial charge in [-0.05, 0) is 19.4 Å². The van der Waals surface area contributed by atoms with Gasteiger partial charge in [-0.3, -0.25) is 4.79 Å². The summed E-state index contributed by atoms with van der Waals surface area (Å²) in [6, 6.07) is 0. The number of rotatable bonds is 10. The van der Waals surface area contributed by atoms with Gasteiger partial charge in [0.15, 0.2) is 0 Å². The van der Waals surface area contributed by atoms with E-state index >= 15 is 0 Å². The Morgan fingerprint density at radius 1 is 1.44 bits per heavy atom. The van der Waals surface area contributed by atoms with Crippen molar-refractivity contribution < 1.29 is 14.6 Å². The Labute approximate surface area is 97.6 Å². The molecule has 5 heteroatoms. The van der Waals surface area contributed by atoms with Gasteiger partial charge in [-0.1, -0.05) is 13.3 Å². The Morgan fingerprint density at radius 3 is 2.81 bits per heavy atom. The van der Waals surface area contributed by atoms with E-state index in [1.807, 2.05) is 0 Å². The molecule has 0 aliphatic rings. The molecule has 0 aromatic heterocycles. The van der Waals surface area contributed by atoms with Crippen molar-refractivity contribution in [2.75, 3.05) is 33.4 Å². The van der Waals surface area contributed by atoms with E-state index in [1.54, 1.807) is 7.11 Å². The van der Waals surface area contributed by atoms with Gasteiger partial charge in [0.2, 0.25) is 5.91 Å². The Morgan fingerprint density at radius 2 is 2.19 bits per heavy atom. The van der Waals surface area contributed by atoms with E-state index in [-0.39, 0.29) is 5.91 Å². The SMILES string of the molecule is CCCCNC(=O)CNCCC(O)COC. The summed E-state index contributed by atoms with van der Waals surface area (Å²) in [5.41, 5.74) is 0. The highest BCUT2D eigenvalue weighted by molar-refractivity contribution is 5.77. The fourth-order valence-electron chi connectivity index (χ4n) is 1.21. The van der Waals surface area contributed by atoms with E-state index in [1.165, 1.54) is 0 Å². The lowest BCUT2D eigenvalue weighted by molar-refractivity contribution is -0.120. The molecule has 0 saturated carbocycles. The fraction of sp³-hybridized carbons (Fsp3) is 0.909. The molecular weight excluding hydrogens is 208 g/mol. The van der Waals surface area contributed by atoms with E-state index in [0.29, 0.717) is 26.1 Å². The minimum Gasteiger partial charge on any atom is -0.391 e. The first kappa shape index (κ1) is 15.3. The van der Waals surface area contributed by atoms with Crippen LogP contribution in [0.25, 0.3) is 0 Å². The van der Waals surface area contributed by atoms with Crippen LogP contribution in [0.1, 0.15) is 26.2 Å². The molecule has 0 aromatic rings. The van der Waals surface area contributed by atoms with Crippen LogP contribution < -0.4 is 10.6 Å². The summed E-state index contributed by atoms with van der Waals surface area (Å²) >= 11 is 0. The summed E-state index contributed by atoms with van der Waals surface area (Å²) in [6.07, 6.45) is 2.23. The Hall–Kier alpha value is -0.650. The van der Waals surface area contributed by atoms with Crippen LogP contribution in [0, 0.1) is 0 Å². The van der Waals surface area contributed by atoms with E-state index in [0.717, 1.165) is 19.4 Å². The fourth-order valence-corrected chi connectivity index (χ4v) is 1.21. The highest BCUT2D eigenvalue weighted by atomic mass is 16.5. The molecule has 1 atom stereocenters. The smallest absolute Gasteiger partial charge is 0.233 e. The average molecular weight is 232 g/mol. The van der Waals surface area contributed by atoms with Gasteiger partial charge < -0.3 is 20.5 Å². The van der Waals surface area contributed by atoms with Gasteiger partial charge in [0.25, 0.3) is 0 Å². The molecule has 1 amide bonds. The van der Waals surface area contributed by atoms with Crippen LogP contribution in [0.3, 0.4) is 0 Å². The van der Waals surface area contributed by atoms with Gasteiger partial charge in [-0.15, -0.1) is 0 Å². The molecule has 3 N–H and O–H groups in total. The van der Waals surface area contributed by atoms with Crippen LogP contribution in [0.4, 0.5) is 0 Å². The number of hydrogen-bond acceptors (Lipinski definition) is 4. The molecule has 0 rings (SSSR count). The molecule has 16 heavy (non-hydrogen) atoms. The first-order valence-electron chi connectivity index (χ1n) is 5.85. The van der Waals surface area contributed by atoms with Crippen molar-refractivity contribution in [2.24, 2.45) is 0 Å². The molecule has 96 valence electrons. The molecule has 0 saturated heterocycles. The second-order valence-electron chi connectivity index (χ2n) is 3.78. The van der Waals surface area contributed by atoms with E-state index < -0.39 is 6.10 Å². The van der Waals surface area contributed by atoms with Crippen LogP contribution in [0.2, 0.25) is 0 Å². The third-order valence-corrected chi connectivity index (χ3v) is 2.15. The normalized spacial score (nSPS) is 12.4. The minimum atomic E-state index is -0.458. The van der Waals surface area contributed by atoms with Gasteiger partial charge in [-0.25, -0.2) is 0 Å². The summed E-state index contributed by atoms with van der Waals surface area (Å²) in [6.45, 7) is 4.09. The topological polar surface area (TPSA) is 70.6 Å². The second-order valence-corrected chi connectivity index (χ2v) is 3.78. The summed E-state index contributed by atoms with van der Waals surface area (Å²) < 4.78 is 4.79. The van der Waals surface area contributed by atoms with Gasteiger partial charge in [0.1, 0.15) is 0 Å². The zero-order valence-electron chi connectivity index (χ0n) is 10.3. The molecule has 0 spiro atoms. The van der Waals surface area contributed by atoms with Gasteiger partial charge in [0.05, 0.1) is 19.3 Å². The van der Waals surface area contributed by atoms with Crippen molar-refractivity contribution in [3.05, 3.63) is 0 Å². The van der Waals surface area contributed by atoms with Crippen molar-refractivity contribution in [1.29, 1.82) is 0 Å². The highest BCUT2D eigenvalue weighted by Crippen LogP contribution is 1.89. The maximum absolute atomic E-state index is 11.2. The zero-order chi connectivity index (χ0) is 12.2. The van der Waals surface area contributed by atoms with Crippen LogP contribution in [0.5, 0.6) is 0 Å². The third kappa shape index (κ3) is 9.89. The van der Waals surface area contributed by atoms with Crippen LogP contribution in [-0.4, -0.2) is 50.5 Å². The molecule has 0 radical (unpaired) electrons. The van der Waals surface area contributed by atoms with Crippen molar-refractivity contribution in [3.63, 3.8) is 0 Å². The zero-order valence-corrected chi connectivity index (χ0v) is 10.3. The lowest BCUT2D eigenvalue weighted by atomic mass is 10.2. The number of methoxy groups -OCH3 is 1. The number of amides is 1. The average Bonchev–Trinajstić information content (AvgIpc) is 2.25. The largest absolute Gasteiger partial charge is 0.391 e. The van der Waals surface area contributed by atoms with E-state index in [4.69, 9.17) is 4.74 Å². The number of aliphatic hydroxyl groups excluding tert-OH is 1. The molecule has 5 nitrogen and oxygen atoms in total. The standard InChI is InChI=1S/C11H24N2O3/c1-3-4-6-13-11(15)8-12-7-5-10(14)9-16-2/h10,12,14H,3-9H2,1-2H3,(H,13,15). The minimum absolute atomic E-state index is 0.00896. The quantitative estimate of drug-likeness (QED) is 0.460. The van der Waals surface area contributed by atoms with Gasteiger partial charge in [0, 0.05) is 13.7 Å². The third-order valence-electron chi connectivity index (χ3n) is 2.15.